The van der Waals surface area contributed by atoms with Gasteiger partial charge in [-0.1, -0.05) is 12.1 Å². The van der Waals surface area contributed by atoms with E-state index in [1.165, 1.54) is 12.1 Å². The number of hydrogen-bond donors (Lipinski definition) is 0. The van der Waals surface area contributed by atoms with E-state index in [4.69, 9.17) is 4.74 Å². The molecule has 1 saturated carbocycles. The molecule has 1 aliphatic rings. The van der Waals surface area contributed by atoms with Crippen LogP contribution in [0, 0.1) is 5.41 Å². The molecular formula is C17H21F3O2. The van der Waals surface area contributed by atoms with Crippen LogP contribution in [0.2, 0.25) is 0 Å². The second-order valence-corrected chi connectivity index (χ2v) is 6.92. The number of rotatable bonds is 2. The lowest BCUT2D eigenvalue weighted by atomic mass is 9.89. The summed E-state index contributed by atoms with van der Waals surface area (Å²) < 4.78 is 43.8. The summed E-state index contributed by atoms with van der Waals surface area (Å²) in [5.74, 6) is -0.325. The molecule has 1 fully saturated rings. The van der Waals surface area contributed by atoms with Gasteiger partial charge >= 0.3 is 12.1 Å². The maximum Gasteiger partial charge on any atom is 0.416 e. The van der Waals surface area contributed by atoms with Gasteiger partial charge in [-0.3, -0.25) is 4.79 Å². The fraction of sp³-hybridized carbons (Fsp3) is 0.588. The number of esters is 1. The van der Waals surface area contributed by atoms with Gasteiger partial charge in [0, 0.05) is 0 Å². The molecule has 0 aliphatic heterocycles. The Kier molecular flexibility index (Phi) is 4.28. The predicted molar refractivity (Wildman–Crippen MR) is 77.1 cm³/mol. The molecule has 0 bridgehead atoms. The van der Waals surface area contributed by atoms with E-state index in [0.717, 1.165) is 25.0 Å². The molecule has 0 unspecified atom stereocenters. The van der Waals surface area contributed by atoms with Crippen LogP contribution in [0.3, 0.4) is 0 Å². The minimum Gasteiger partial charge on any atom is -0.454 e. The van der Waals surface area contributed by atoms with Gasteiger partial charge < -0.3 is 4.74 Å². The highest BCUT2D eigenvalue weighted by Gasteiger charge is 2.42. The second kappa shape index (κ2) is 5.60. The van der Waals surface area contributed by atoms with E-state index in [2.05, 4.69) is 0 Å². The average molecular weight is 314 g/mol. The third kappa shape index (κ3) is 3.45. The van der Waals surface area contributed by atoms with E-state index in [0.29, 0.717) is 18.4 Å². The molecule has 0 aromatic heterocycles. The highest BCUT2D eigenvalue weighted by atomic mass is 19.4. The first-order valence-electron chi connectivity index (χ1n) is 7.46. The molecule has 2 nitrogen and oxygen atoms in total. The van der Waals surface area contributed by atoms with Crippen molar-refractivity contribution in [2.24, 2.45) is 5.41 Å². The monoisotopic (exact) mass is 314 g/mol. The molecule has 2 rings (SSSR count). The Hall–Kier alpha value is -1.52. The molecule has 0 atom stereocenters. The number of alkyl halides is 3. The first-order chi connectivity index (χ1) is 10.0. The molecule has 122 valence electrons. The van der Waals surface area contributed by atoms with Gasteiger partial charge in [0.05, 0.1) is 11.0 Å². The molecule has 1 aliphatic carbocycles. The predicted octanol–water partition coefficient (Wildman–Crippen LogP) is 5.06. The summed E-state index contributed by atoms with van der Waals surface area (Å²) in [4.78, 5) is 12.2. The summed E-state index contributed by atoms with van der Waals surface area (Å²) >= 11 is 0. The van der Waals surface area contributed by atoms with Crippen LogP contribution >= 0.6 is 0 Å². The second-order valence-electron chi connectivity index (χ2n) is 6.92. The molecule has 0 radical (unpaired) electrons. The Morgan fingerprint density at radius 2 is 1.55 bits per heavy atom. The zero-order chi connectivity index (χ0) is 16.6. The Bertz CT molecular complexity index is 533. The van der Waals surface area contributed by atoms with E-state index in [1.807, 2.05) is 0 Å². The first-order valence-corrected chi connectivity index (χ1v) is 7.46. The molecule has 0 N–H and O–H groups in total. The van der Waals surface area contributed by atoms with Crippen molar-refractivity contribution in [3.8, 4) is 0 Å². The van der Waals surface area contributed by atoms with Crippen LogP contribution in [-0.4, -0.2) is 5.97 Å². The molecule has 0 heterocycles. The molecule has 1 aromatic rings. The average Bonchev–Trinajstić information content (AvgIpc) is 2.86. The van der Waals surface area contributed by atoms with Crippen molar-refractivity contribution in [1.82, 2.24) is 0 Å². The van der Waals surface area contributed by atoms with Crippen LogP contribution < -0.4 is 0 Å². The number of benzene rings is 1. The topological polar surface area (TPSA) is 26.3 Å². The summed E-state index contributed by atoms with van der Waals surface area (Å²) in [5.41, 5.74) is -1.46. The summed E-state index contributed by atoms with van der Waals surface area (Å²) in [6.45, 7) is 5.31. The van der Waals surface area contributed by atoms with E-state index in [1.54, 1.807) is 20.8 Å². The summed E-state index contributed by atoms with van der Waals surface area (Å²) in [6, 6.07) is 4.98. The largest absolute Gasteiger partial charge is 0.454 e. The van der Waals surface area contributed by atoms with Crippen LogP contribution in [0.1, 0.15) is 57.6 Å². The number of ether oxygens (including phenoxy) is 1. The van der Waals surface area contributed by atoms with Gasteiger partial charge in [-0.05, 0) is 64.2 Å². The fourth-order valence-corrected chi connectivity index (χ4v) is 2.69. The van der Waals surface area contributed by atoms with Crippen LogP contribution in [-0.2, 0) is 21.3 Å². The third-order valence-electron chi connectivity index (χ3n) is 4.05. The lowest BCUT2D eigenvalue weighted by Crippen LogP contribution is -2.35. The summed E-state index contributed by atoms with van der Waals surface area (Å²) in [7, 11) is 0. The van der Waals surface area contributed by atoms with Crippen LogP contribution in [0.25, 0.3) is 0 Å². The normalized spacial score (nSPS) is 18.3. The molecule has 1 aromatic carbocycles. The Labute approximate surface area is 128 Å². The fourth-order valence-electron chi connectivity index (χ4n) is 2.69. The smallest absolute Gasteiger partial charge is 0.416 e. The number of carbonyl (C=O) groups excluding carboxylic acids is 1. The summed E-state index contributed by atoms with van der Waals surface area (Å²) in [5, 5.41) is 0. The van der Waals surface area contributed by atoms with E-state index in [-0.39, 0.29) is 5.97 Å². The lowest BCUT2D eigenvalue weighted by Gasteiger charge is -2.33. The lowest BCUT2D eigenvalue weighted by molar-refractivity contribution is -0.170. The van der Waals surface area contributed by atoms with Gasteiger partial charge in [-0.25, -0.2) is 0 Å². The Balaban J connectivity index is 2.30. The Morgan fingerprint density at radius 3 is 1.95 bits per heavy atom. The Morgan fingerprint density at radius 1 is 1.05 bits per heavy atom. The molecule has 5 heteroatoms. The quantitative estimate of drug-likeness (QED) is 0.713. The van der Waals surface area contributed by atoms with Crippen molar-refractivity contribution in [3.63, 3.8) is 0 Å². The van der Waals surface area contributed by atoms with Gasteiger partial charge in [-0.2, -0.15) is 13.2 Å². The van der Waals surface area contributed by atoms with Crippen LogP contribution in [0.4, 0.5) is 13.2 Å². The zero-order valence-corrected chi connectivity index (χ0v) is 13.1. The van der Waals surface area contributed by atoms with Crippen molar-refractivity contribution in [3.05, 3.63) is 35.4 Å². The SMILES string of the molecule is CC(C)(C)C(=O)OC1(c2ccc(C(F)(F)F)cc2)CCCC1. The minimum atomic E-state index is -4.36. The van der Waals surface area contributed by atoms with Crippen molar-refractivity contribution in [1.29, 1.82) is 0 Å². The maximum absolute atomic E-state index is 12.7. The number of hydrogen-bond acceptors (Lipinski definition) is 2. The highest BCUT2D eigenvalue weighted by molar-refractivity contribution is 5.76. The van der Waals surface area contributed by atoms with E-state index >= 15 is 0 Å². The van der Waals surface area contributed by atoms with Crippen molar-refractivity contribution < 1.29 is 22.7 Å². The van der Waals surface area contributed by atoms with Crippen molar-refractivity contribution >= 4 is 5.97 Å². The van der Waals surface area contributed by atoms with E-state index < -0.39 is 22.8 Å². The standard InChI is InChI=1S/C17H21F3O2/c1-15(2,3)14(21)22-16(10-4-5-11-16)12-6-8-13(9-7-12)17(18,19)20/h6-9H,4-5,10-11H2,1-3H3. The van der Waals surface area contributed by atoms with Crippen LogP contribution in [0.15, 0.2) is 24.3 Å². The first kappa shape index (κ1) is 16.8. The van der Waals surface area contributed by atoms with Gasteiger partial charge in [-0.15, -0.1) is 0 Å². The summed E-state index contributed by atoms with van der Waals surface area (Å²) in [6.07, 6.45) is -1.25. The minimum absolute atomic E-state index is 0.325. The van der Waals surface area contributed by atoms with Crippen molar-refractivity contribution in [2.75, 3.05) is 0 Å². The van der Waals surface area contributed by atoms with Gasteiger partial charge in [0.25, 0.3) is 0 Å². The number of carbonyl (C=O) groups is 1. The zero-order valence-electron chi connectivity index (χ0n) is 13.1. The number of halogens is 3. The molecule has 0 amide bonds. The van der Waals surface area contributed by atoms with Crippen molar-refractivity contribution in [2.45, 2.75) is 58.2 Å². The third-order valence-corrected chi connectivity index (χ3v) is 4.05. The molecular weight excluding hydrogens is 293 g/mol. The molecule has 0 saturated heterocycles. The van der Waals surface area contributed by atoms with Crippen LogP contribution in [0.5, 0.6) is 0 Å². The maximum atomic E-state index is 12.7. The van der Waals surface area contributed by atoms with Gasteiger partial charge in [0.2, 0.25) is 0 Å². The molecule has 0 spiro atoms. The molecule has 22 heavy (non-hydrogen) atoms. The van der Waals surface area contributed by atoms with Gasteiger partial charge in [0.1, 0.15) is 5.60 Å². The highest BCUT2D eigenvalue weighted by Crippen LogP contribution is 2.44. The van der Waals surface area contributed by atoms with E-state index in [9.17, 15) is 18.0 Å². The van der Waals surface area contributed by atoms with Gasteiger partial charge in [0.15, 0.2) is 0 Å².